The number of urea groups is 1. The molecule has 0 aromatic heterocycles. The number of hydrogen-bond donors (Lipinski definition) is 0. The van der Waals surface area contributed by atoms with Gasteiger partial charge in [0.05, 0.1) is 6.54 Å². The average molecular weight is 202 g/mol. The molecule has 0 aliphatic carbocycles. The van der Waals surface area contributed by atoms with E-state index < -0.39 is 0 Å². The number of imide groups is 1. The Hall–Kier alpha value is -1.78. The number of rotatable bonds is 2. The molecule has 15 heavy (non-hydrogen) atoms. The van der Waals surface area contributed by atoms with E-state index in [9.17, 15) is 9.59 Å². The molecule has 2 rings (SSSR count). The van der Waals surface area contributed by atoms with E-state index in [1.54, 1.807) is 7.05 Å². The summed E-state index contributed by atoms with van der Waals surface area (Å²) in [5, 5.41) is 0. The van der Waals surface area contributed by atoms with Gasteiger partial charge in [-0.1, -0.05) is 30.3 Å². The van der Waals surface area contributed by atoms with Gasteiger partial charge in [0, 0.05) is 0 Å². The molecule has 0 spiro atoms. The first kappa shape index (κ1) is 9.77. The minimum absolute atomic E-state index is 0.133. The molecule has 1 saturated heterocycles. The third kappa shape index (κ3) is 1.86. The lowest BCUT2D eigenvalue weighted by molar-refractivity contribution is 0.195. The topological polar surface area (TPSA) is 40.6 Å². The van der Waals surface area contributed by atoms with E-state index in [2.05, 4.69) is 0 Å². The van der Waals surface area contributed by atoms with Crippen LogP contribution in [0, 0.1) is 0 Å². The second-order valence-corrected chi connectivity index (χ2v) is 3.60. The standard InChI is InChI=1S/C10H11BN2O2/c1-12-10(15)13(9(14)11-12)7-8-5-3-2-4-6-8/h2-6,11H,7H2,1H3. The van der Waals surface area contributed by atoms with Crippen molar-refractivity contribution in [1.82, 2.24) is 9.71 Å². The van der Waals surface area contributed by atoms with Crippen LogP contribution in [0.15, 0.2) is 30.3 Å². The van der Waals surface area contributed by atoms with Crippen molar-refractivity contribution in [2.45, 2.75) is 6.54 Å². The second-order valence-electron chi connectivity index (χ2n) is 3.60. The molecular weight excluding hydrogens is 191 g/mol. The lowest BCUT2D eigenvalue weighted by Crippen LogP contribution is -2.30. The zero-order valence-corrected chi connectivity index (χ0v) is 8.51. The van der Waals surface area contributed by atoms with Crippen molar-refractivity contribution in [2.75, 3.05) is 7.05 Å². The fourth-order valence-corrected chi connectivity index (χ4v) is 1.59. The molecule has 4 nitrogen and oxygen atoms in total. The lowest BCUT2D eigenvalue weighted by atomic mass is 9.94. The highest BCUT2D eigenvalue weighted by Crippen LogP contribution is 2.12. The minimum Gasteiger partial charge on any atom is -0.364 e. The summed E-state index contributed by atoms with van der Waals surface area (Å²) in [7, 11) is 1.82. The number of amides is 3. The highest BCUT2D eigenvalue weighted by molar-refractivity contribution is 6.76. The molecule has 1 aromatic rings. The highest BCUT2D eigenvalue weighted by atomic mass is 16.2. The normalized spacial score (nSPS) is 15.8. The fourth-order valence-electron chi connectivity index (χ4n) is 1.59. The molecule has 1 aliphatic heterocycles. The van der Waals surface area contributed by atoms with Gasteiger partial charge in [0.25, 0.3) is 0 Å². The van der Waals surface area contributed by atoms with E-state index in [-0.39, 0.29) is 19.3 Å². The maximum absolute atomic E-state index is 11.6. The molecule has 3 amide bonds. The molecule has 1 aliphatic rings. The maximum atomic E-state index is 11.6. The number of carbonyl (C=O) groups is 2. The first-order chi connectivity index (χ1) is 7.18. The van der Waals surface area contributed by atoms with Crippen molar-refractivity contribution in [1.29, 1.82) is 0 Å². The van der Waals surface area contributed by atoms with E-state index in [0.717, 1.165) is 5.56 Å². The van der Waals surface area contributed by atoms with Crippen LogP contribution < -0.4 is 0 Å². The van der Waals surface area contributed by atoms with Gasteiger partial charge in [0.1, 0.15) is 0 Å². The maximum Gasteiger partial charge on any atom is 0.348 e. The first-order valence-corrected chi connectivity index (χ1v) is 4.78. The van der Waals surface area contributed by atoms with Crippen molar-refractivity contribution in [3.8, 4) is 0 Å². The minimum atomic E-state index is -0.219. The molecule has 0 radical (unpaired) electrons. The van der Waals surface area contributed by atoms with Crippen LogP contribution in [-0.4, -0.2) is 36.0 Å². The van der Waals surface area contributed by atoms with Crippen molar-refractivity contribution in [2.24, 2.45) is 0 Å². The van der Waals surface area contributed by atoms with Crippen LogP contribution in [0.5, 0.6) is 0 Å². The Bertz CT molecular complexity index is 394. The van der Waals surface area contributed by atoms with E-state index in [0.29, 0.717) is 6.54 Å². The molecular formula is C10H11BN2O2. The molecule has 0 unspecified atom stereocenters. The van der Waals surface area contributed by atoms with E-state index >= 15 is 0 Å². The van der Waals surface area contributed by atoms with E-state index in [4.69, 9.17) is 0 Å². The summed E-state index contributed by atoms with van der Waals surface area (Å²) >= 11 is 0. The monoisotopic (exact) mass is 202 g/mol. The van der Waals surface area contributed by atoms with E-state index in [1.165, 1.54) is 9.71 Å². The Morgan fingerprint density at radius 2 is 1.87 bits per heavy atom. The van der Waals surface area contributed by atoms with Crippen LogP contribution in [0.1, 0.15) is 5.56 Å². The Morgan fingerprint density at radius 1 is 1.20 bits per heavy atom. The predicted molar refractivity (Wildman–Crippen MR) is 57.7 cm³/mol. The predicted octanol–water partition coefficient (Wildman–Crippen LogP) is 1.03. The summed E-state index contributed by atoms with van der Waals surface area (Å²) in [5.41, 5.74) is 0.967. The van der Waals surface area contributed by atoms with Crippen LogP contribution in [0.25, 0.3) is 0 Å². The first-order valence-electron chi connectivity index (χ1n) is 4.78. The van der Waals surface area contributed by atoms with Crippen molar-refractivity contribution in [3.63, 3.8) is 0 Å². The largest absolute Gasteiger partial charge is 0.364 e. The van der Waals surface area contributed by atoms with Crippen molar-refractivity contribution in [3.05, 3.63) is 35.9 Å². The summed E-state index contributed by atoms with van der Waals surface area (Å²) in [6.07, 6.45) is 0. The second kappa shape index (κ2) is 3.77. The summed E-state index contributed by atoms with van der Waals surface area (Å²) in [6, 6.07) is 9.28. The van der Waals surface area contributed by atoms with Crippen LogP contribution in [0.4, 0.5) is 9.59 Å². The summed E-state index contributed by atoms with van der Waals surface area (Å²) in [5.74, 6) is -0.133. The number of carbonyl (C=O) groups excluding carboxylic acids is 2. The fraction of sp³-hybridized carbons (Fsp3) is 0.200. The Balaban J connectivity index is 2.13. The van der Waals surface area contributed by atoms with Gasteiger partial charge in [0.2, 0.25) is 5.81 Å². The third-order valence-electron chi connectivity index (χ3n) is 2.41. The molecule has 0 saturated carbocycles. The molecule has 76 valence electrons. The average Bonchev–Trinajstić information content (AvgIpc) is 2.47. The van der Waals surface area contributed by atoms with Crippen LogP contribution in [0.2, 0.25) is 0 Å². The van der Waals surface area contributed by atoms with Gasteiger partial charge >= 0.3 is 13.4 Å². The van der Waals surface area contributed by atoms with Gasteiger partial charge in [0.15, 0.2) is 0 Å². The molecule has 0 atom stereocenters. The molecule has 0 bridgehead atoms. The molecule has 1 aromatic carbocycles. The number of nitrogens with zero attached hydrogens (tertiary/aromatic N) is 2. The highest BCUT2D eigenvalue weighted by Gasteiger charge is 2.34. The SMILES string of the molecule is CN1BC(=O)N(Cc2ccccc2)C1=O. The van der Waals surface area contributed by atoms with Crippen molar-refractivity contribution < 1.29 is 9.59 Å². The molecule has 1 heterocycles. The van der Waals surface area contributed by atoms with Crippen LogP contribution >= 0.6 is 0 Å². The van der Waals surface area contributed by atoms with Gasteiger partial charge in [-0.15, -0.1) is 0 Å². The quantitative estimate of drug-likeness (QED) is 0.671. The van der Waals surface area contributed by atoms with Gasteiger partial charge in [-0.2, -0.15) is 0 Å². The number of benzene rings is 1. The van der Waals surface area contributed by atoms with Crippen LogP contribution in [0.3, 0.4) is 0 Å². The molecule has 5 heteroatoms. The Labute approximate surface area is 88.7 Å². The van der Waals surface area contributed by atoms with Gasteiger partial charge in [-0.25, -0.2) is 4.79 Å². The summed E-state index contributed by atoms with van der Waals surface area (Å²) in [6.45, 7) is 0.364. The zero-order chi connectivity index (χ0) is 10.8. The van der Waals surface area contributed by atoms with Gasteiger partial charge in [-0.3, -0.25) is 9.69 Å². The summed E-state index contributed by atoms with van der Waals surface area (Å²) in [4.78, 5) is 25.7. The smallest absolute Gasteiger partial charge is 0.348 e. The van der Waals surface area contributed by atoms with E-state index in [1.807, 2.05) is 30.3 Å². The van der Waals surface area contributed by atoms with Gasteiger partial charge < -0.3 is 4.81 Å². The van der Waals surface area contributed by atoms with Crippen molar-refractivity contribution >= 4 is 19.3 Å². The third-order valence-corrected chi connectivity index (χ3v) is 2.41. The Kier molecular flexibility index (Phi) is 2.45. The Morgan fingerprint density at radius 3 is 2.40 bits per heavy atom. The van der Waals surface area contributed by atoms with Crippen LogP contribution in [-0.2, 0) is 6.54 Å². The summed E-state index contributed by atoms with van der Waals surface area (Å²) < 4.78 is 0. The number of hydrogen-bond acceptors (Lipinski definition) is 2. The lowest BCUT2D eigenvalue weighted by Gasteiger charge is -2.14. The molecule has 1 fully saturated rings. The van der Waals surface area contributed by atoms with Gasteiger partial charge in [-0.05, 0) is 12.6 Å². The molecule has 0 N–H and O–H groups in total. The zero-order valence-electron chi connectivity index (χ0n) is 8.51.